The van der Waals surface area contributed by atoms with E-state index in [-0.39, 0.29) is 30.0 Å². The van der Waals surface area contributed by atoms with Crippen molar-refractivity contribution < 1.29 is 13.6 Å². The number of likely N-dealkylation sites (N-methyl/N-ethyl adjacent to an activating group) is 1. The molecule has 138 valence electrons. The molecule has 8 heteroatoms. The van der Waals surface area contributed by atoms with Gasteiger partial charge < -0.3 is 10.2 Å². The maximum absolute atomic E-state index is 14.1. The normalized spacial score (nSPS) is 27.2. The highest BCUT2D eigenvalue weighted by Gasteiger charge is 2.36. The molecule has 3 rings (SSSR count). The summed E-state index contributed by atoms with van der Waals surface area (Å²) in [6.07, 6.45) is 2.43. The molecule has 1 aliphatic carbocycles. The minimum absolute atomic E-state index is 0.0117. The summed E-state index contributed by atoms with van der Waals surface area (Å²) < 4.78 is 28.2. The number of rotatable bonds is 5. The second kappa shape index (κ2) is 7.74. The number of nitrogens with zero attached hydrogens (tertiary/aromatic N) is 1. The molecular formula is C17H25F2N5O. The Bertz CT molecular complexity index is 607. The smallest absolute Gasteiger partial charge is 0.223 e. The van der Waals surface area contributed by atoms with Gasteiger partial charge in [-0.15, -0.1) is 0 Å². The third-order valence-electron chi connectivity index (χ3n) is 5.16. The predicted molar refractivity (Wildman–Crippen MR) is 90.1 cm³/mol. The molecule has 4 atom stereocenters. The third-order valence-corrected chi connectivity index (χ3v) is 5.16. The van der Waals surface area contributed by atoms with Crippen LogP contribution in [0.4, 0.5) is 8.78 Å². The highest BCUT2D eigenvalue weighted by molar-refractivity contribution is 5.78. The molecule has 1 aromatic carbocycles. The maximum Gasteiger partial charge on any atom is 0.223 e. The van der Waals surface area contributed by atoms with Crippen molar-refractivity contribution in [2.75, 3.05) is 20.6 Å². The first kappa shape index (κ1) is 18.2. The van der Waals surface area contributed by atoms with E-state index in [0.29, 0.717) is 6.04 Å². The fraction of sp³-hybridized carbons (Fsp3) is 0.588. The van der Waals surface area contributed by atoms with Gasteiger partial charge in [-0.25, -0.2) is 19.6 Å². The topological polar surface area (TPSA) is 68.4 Å². The van der Waals surface area contributed by atoms with Gasteiger partial charge in [0.1, 0.15) is 11.6 Å². The first-order valence-corrected chi connectivity index (χ1v) is 8.61. The van der Waals surface area contributed by atoms with Gasteiger partial charge >= 0.3 is 0 Å². The molecule has 1 saturated carbocycles. The third kappa shape index (κ3) is 3.98. The quantitative estimate of drug-likeness (QED) is 0.632. The summed E-state index contributed by atoms with van der Waals surface area (Å²) in [5.74, 6) is -1.35. The Morgan fingerprint density at radius 1 is 1.24 bits per heavy atom. The van der Waals surface area contributed by atoms with Gasteiger partial charge in [0.25, 0.3) is 0 Å². The number of halogens is 2. The number of carbonyl (C=O) groups is 1. The Balaban J connectivity index is 1.63. The number of fused-ring (bicyclic) bond motifs is 1. The van der Waals surface area contributed by atoms with Crippen molar-refractivity contribution in [3.63, 3.8) is 0 Å². The van der Waals surface area contributed by atoms with E-state index in [0.717, 1.165) is 19.3 Å². The zero-order chi connectivity index (χ0) is 18.0. The van der Waals surface area contributed by atoms with Gasteiger partial charge in [0.05, 0.1) is 6.04 Å². The van der Waals surface area contributed by atoms with Crippen molar-refractivity contribution in [3.05, 3.63) is 35.4 Å². The van der Waals surface area contributed by atoms with Crippen LogP contribution in [0.1, 0.15) is 30.9 Å². The van der Waals surface area contributed by atoms with E-state index in [1.165, 1.54) is 18.2 Å². The number of hydrogen-bond donors (Lipinski definition) is 4. The summed E-state index contributed by atoms with van der Waals surface area (Å²) in [5.41, 5.74) is 9.14. The predicted octanol–water partition coefficient (Wildman–Crippen LogP) is 0.833. The van der Waals surface area contributed by atoms with E-state index in [4.69, 9.17) is 0 Å². The number of benzene rings is 1. The lowest BCUT2D eigenvalue weighted by Gasteiger charge is -2.31. The monoisotopic (exact) mass is 353 g/mol. The Morgan fingerprint density at radius 2 is 1.92 bits per heavy atom. The molecular weight excluding hydrogens is 328 g/mol. The number of amides is 1. The SMILES string of the molecule is CN(C)C(CNC(=O)C1CCC2NNNC2C1)c1c(F)cccc1F. The van der Waals surface area contributed by atoms with E-state index in [1.54, 1.807) is 19.0 Å². The molecule has 1 aliphatic heterocycles. The van der Waals surface area contributed by atoms with Gasteiger partial charge in [-0.05, 0) is 45.5 Å². The lowest BCUT2D eigenvalue weighted by molar-refractivity contribution is -0.126. The van der Waals surface area contributed by atoms with Crippen LogP contribution in [-0.4, -0.2) is 43.5 Å². The number of carbonyl (C=O) groups excluding carboxylic acids is 1. The Kier molecular flexibility index (Phi) is 5.63. The number of nitrogens with one attached hydrogen (secondary N) is 4. The summed E-state index contributed by atoms with van der Waals surface area (Å²) in [6, 6.07) is 3.82. The fourth-order valence-corrected chi connectivity index (χ4v) is 3.68. The van der Waals surface area contributed by atoms with Crippen molar-refractivity contribution >= 4 is 5.91 Å². The summed E-state index contributed by atoms with van der Waals surface area (Å²) in [4.78, 5) is 14.2. The first-order chi connectivity index (χ1) is 12.0. The van der Waals surface area contributed by atoms with Crippen LogP contribution in [0.25, 0.3) is 0 Å². The van der Waals surface area contributed by atoms with Crippen LogP contribution in [0.5, 0.6) is 0 Å². The van der Waals surface area contributed by atoms with E-state index in [2.05, 4.69) is 21.7 Å². The first-order valence-electron chi connectivity index (χ1n) is 8.61. The van der Waals surface area contributed by atoms with Gasteiger partial charge in [0.2, 0.25) is 5.91 Å². The summed E-state index contributed by atoms with van der Waals surface area (Å²) >= 11 is 0. The Morgan fingerprint density at radius 3 is 2.60 bits per heavy atom. The summed E-state index contributed by atoms with van der Waals surface area (Å²) in [5, 5.41) is 2.88. The molecule has 2 aliphatic rings. The average Bonchev–Trinajstić information content (AvgIpc) is 3.04. The minimum atomic E-state index is -0.597. The fourth-order valence-electron chi connectivity index (χ4n) is 3.68. The van der Waals surface area contributed by atoms with Gasteiger partial charge in [-0.3, -0.25) is 4.79 Å². The Hall–Kier alpha value is -1.61. The number of hydrogen-bond acceptors (Lipinski definition) is 5. The molecule has 6 nitrogen and oxygen atoms in total. The van der Waals surface area contributed by atoms with Crippen LogP contribution in [0.3, 0.4) is 0 Å². The van der Waals surface area contributed by atoms with Crippen LogP contribution in [0.2, 0.25) is 0 Å². The molecule has 0 bridgehead atoms. The molecule has 0 spiro atoms. The lowest BCUT2D eigenvalue weighted by atomic mass is 9.82. The van der Waals surface area contributed by atoms with Crippen LogP contribution < -0.4 is 21.7 Å². The van der Waals surface area contributed by atoms with Crippen molar-refractivity contribution in [1.82, 2.24) is 26.6 Å². The van der Waals surface area contributed by atoms with Gasteiger partial charge in [0.15, 0.2) is 0 Å². The highest BCUT2D eigenvalue weighted by atomic mass is 19.1. The van der Waals surface area contributed by atoms with E-state index < -0.39 is 17.7 Å². The lowest BCUT2D eigenvalue weighted by Crippen LogP contribution is -2.45. The molecule has 1 heterocycles. The zero-order valence-electron chi connectivity index (χ0n) is 14.5. The van der Waals surface area contributed by atoms with Crippen molar-refractivity contribution in [3.8, 4) is 0 Å². The van der Waals surface area contributed by atoms with Crippen LogP contribution in [0, 0.1) is 17.6 Å². The Labute approximate surface area is 146 Å². The molecule has 1 amide bonds. The zero-order valence-corrected chi connectivity index (χ0v) is 14.5. The summed E-state index contributed by atoms with van der Waals surface area (Å²) in [6.45, 7) is 0.165. The highest BCUT2D eigenvalue weighted by Crippen LogP contribution is 2.27. The molecule has 4 unspecified atom stereocenters. The van der Waals surface area contributed by atoms with Crippen molar-refractivity contribution in [2.24, 2.45) is 5.92 Å². The van der Waals surface area contributed by atoms with Gasteiger partial charge in [-0.1, -0.05) is 6.07 Å². The van der Waals surface area contributed by atoms with E-state index >= 15 is 0 Å². The molecule has 4 N–H and O–H groups in total. The largest absolute Gasteiger partial charge is 0.354 e. The van der Waals surface area contributed by atoms with Crippen LogP contribution in [0.15, 0.2) is 18.2 Å². The summed E-state index contributed by atoms with van der Waals surface area (Å²) in [7, 11) is 3.49. The molecule has 1 saturated heterocycles. The maximum atomic E-state index is 14.1. The second-order valence-electron chi connectivity index (χ2n) is 7.00. The van der Waals surface area contributed by atoms with Gasteiger partial charge in [0, 0.05) is 30.1 Å². The molecule has 0 radical (unpaired) electrons. The van der Waals surface area contributed by atoms with Crippen molar-refractivity contribution in [2.45, 2.75) is 37.4 Å². The standard InChI is InChI=1S/C17H25F2N5O/c1-24(2)15(16-11(18)4-3-5-12(16)19)9-20-17(25)10-6-7-13-14(8-10)22-23-21-13/h3-5,10,13-15,21-23H,6-9H2,1-2H3,(H,20,25). The van der Waals surface area contributed by atoms with E-state index in [9.17, 15) is 13.6 Å². The van der Waals surface area contributed by atoms with E-state index in [1.807, 2.05) is 0 Å². The molecule has 1 aromatic rings. The van der Waals surface area contributed by atoms with Crippen LogP contribution >= 0.6 is 0 Å². The molecule has 0 aromatic heterocycles. The van der Waals surface area contributed by atoms with Gasteiger partial charge in [-0.2, -0.15) is 5.53 Å². The van der Waals surface area contributed by atoms with Crippen molar-refractivity contribution in [1.29, 1.82) is 0 Å². The number of hydrazine groups is 2. The minimum Gasteiger partial charge on any atom is -0.354 e. The molecule has 2 fully saturated rings. The second-order valence-corrected chi connectivity index (χ2v) is 7.00. The average molecular weight is 353 g/mol. The van der Waals surface area contributed by atoms with Crippen LogP contribution in [-0.2, 0) is 4.79 Å². The molecule has 25 heavy (non-hydrogen) atoms.